The highest BCUT2D eigenvalue weighted by atomic mass is 79.9. The lowest BCUT2D eigenvalue weighted by Crippen LogP contribution is -2.33. The van der Waals surface area contributed by atoms with Gasteiger partial charge >= 0.3 is 0 Å². The minimum atomic E-state index is -0.545. The van der Waals surface area contributed by atoms with Crippen molar-refractivity contribution in [1.29, 1.82) is 0 Å². The van der Waals surface area contributed by atoms with Gasteiger partial charge in [-0.3, -0.25) is 15.0 Å². The molecule has 0 saturated heterocycles. The van der Waals surface area contributed by atoms with Crippen molar-refractivity contribution in [2.45, 2.75) is 0 Å². The lowest BCUT2D eigenvalue weighted by Gasteiger charge is -2.09. The molecular formula is C18H10BrCl2N5O2. The Morgan fingerprint density at radius 3 is 2.75 bits per heavy atom. The standard InChI is InChI=1S/C18H10BrCl2N5O2/c19-10-4-5-15(21)13(6-10)17(27)24-25-9-22-16-14(18(25)28)8-23-26(16)12-3-1-2-11(20)7-12/h1-9H,(H,24,27). The highest BCUT2D eigenvalue weighted by molar-refractivity contribution is 9.10. The van der Waals surface area contributed by atoms with Crippen LogP contribution < -0.4 is 11.0 Å². The molecule has 0 saturated carbocycles. The second-order valence-electron chi connectivity index (χ2n) is 5.76. The van der Waals surface area contributed by atoms with E-state index in [4.69, 9.17) is 23.2 Å². The van der Waals surface area contributed by atoms with Crippen molar-refractivity contribution in [2.75, 3.05) is 5.43 Å². The Labute approximate surface area is 176 Å². The maximum absolute atomic E-state index is 12.7. The molecule has 0 spiro atoms. The first kappa shape index (κ1) is 18.7. The zero-order chi connectivity index (χ0) is 19.8. The van der Waals surface area contributed by atoms with Gasteiger partial charge < -0.3 is 0 Å². The lowest BCUT2D eigenvalue weighted by molar-refractivity contribution is 0.101. The molecule has 1 amide bonds. The number of rotatable bonds is 3. The number of amides is 1. The summed E-state index contributed by atoms with van der Waals surface area (Å²) in [6, 6.07) is 11.9. The third-order valence-corrected chi connectivity index (χ3v) is 4.99. The molecule has 140 valence electrons. The normalized spacial score (nSPS) is 11.0. The van der Waals surface area contributed by atoms with Gasteiger partial charge in [-0.1, -0.05) is 45.2 Å². The summed E-state index contributed by atoms with van der Waals surface area (Å²) in [6.45, 7) is 0. The maximum atomic E-state index is 12.7. The van der Waals surface area contributed by atoms with Gasteiger partial charge in [0, 0.05) is 9.50 Å². The molecular weight excluding hydrogens is 469 g/mol. The average Bonchev–Trinajstić information content (AvgIpc) is 3.11. The van der Waals surface area contributed by atoms with Gasteiger partial charge in [-0.25, -0.2) is 14.3 Å². The number of nitrogens with one attached hydrogen (secondary N) is 1. The van der Waals surface area contributed by atoms with E-state index >= 15 is 0 Å². The van der Waals surface area contributed by atoms with Crippen molar-refractivity contribution >= 4 is 56.1 Å². The van der Waals surface area contributed by atoms with Crippen LogP contribution >= 0.6 is 39.1 Å². The Morgan fingerprint density at radius 1 is 1.14 bits per heavy atom. The Morgan fingerprint density at radius 2 is 1.96 bits per heavy atom. The highest BCUT2D eigenvalue weighted by Crippen LogP contribution is 2.21. The highest BCUT2D eigenvalue weighted by Gasteiger charge is 2.15. The molecule has 0 atom stereocenters. The summed E-state index contributed by atoms with van der Waals surface area (Å²) in [5.74, 6) is -0.545. The fraction of sp³-hybridized carbons (Fsp3) is 0. The summed E-state index contributed by atoms with van der Waals surface area (Å²) in [7, 11) is 0. The number of nitrogens with zero attached hydrogens (tertiary/aromatic N) is 4. The van der Waals surface area contributed by atoms with Gasteiger partial charge in [0.1, 0.15) is 11.7 Å². The van der Waals surface area contributed by atoms with E-state index in [-0.39, 0.29) is 16.0 Å². The number of carbonyl (C=O) groups excluding carboxylic acids is 1. The minimum Gasteiger partial charge on any atom is -0.267 e. The van der Waals surface area contributed by atoms with E-state index in [1.807, 2.05) is 0 Å². The number of carbonyl (C=O) groups is 1. The van der Waals surface area contributed by atoms with E-state index in [1.165, 1.54) is 17.2 Å². The molecule has 28 heavy (non-hydrogen) atoms. The Bertz CT molecular complexity index is 1280. The molecule has 1 N–H and O–H groups in total. The first-order chi connectivity index (χ1) is 13.4. The smallest absolute Gasteiger partial charge is 0.267 e. The monoisotopic (exact) mass is 477 g/mol. The van der Waals surface area contributed by atoms with Gasteiger partial charge in [0.2, 0.25) is 0 Å². The van der Waals surface area contributed by atoms with Crippen molar-refractivity contribution in [2.24, 2.45) is 0 Å². The van der Waals surface area contributed by atoms with Crippen molar-refractivity contribution in [3.05, 3.63) is 85.4 Å². The average molecular weight is 479 g/mol. The van der Waals surface area contributed by atoms with Gasteiger partial charge in [-0.2, -0.15) is 5.10 Å². The van der Waals surface area contributed by atoms with E-state index in [2.05, 4.69) is 31.4 Å². The summed E-state index contributed by atoms with van der Waals surface area (Å²) in [4.78, 5) is 29.5. The fourth-order valence-corrected chi connectivity index (χ4v) is 3.38. The van der Waals surface area contributed by atoms with Crippen LogP contribution in [0.3, 0.4) is 0 Å². The van der Waals surface area contributed by atoms with Crippen molar-refractivity contribution in [1.82, 2.24) is 19.4 Å². The molecule has 0 aliphatic rings. The number of aromatic nitrogens is 4. The molecule has 0 unspecified atom stereocenters. The third-order valence-electron chi connectivity index (χ3n) is 3.94. The number of benzene rings is 2. The van der Waals surface area contributed by atoms with Crippen LogP contribution in [0.5, 0.6) is 0 Å². The molecule has 2 aromatic heterocycles. The first-order valence-corrected chi connectivity index (χ1v) is 9.46. The SMILES string of the molecule is O=C(Nn1cnc2c(cnn2-c2cccc(Cl)c2)c1=O)c1cc(Br)ccc1Cl. The van der Waals surface area contributed by atoms with Crippen LogP contribution in [0.25, 0.3) is 16.7 Å². The first-order valence-electron chi connectivity index (χ1n) is 7.92. The minimum absolute atomic E-state index is 0.220. The van der Waals surface area contributed by atoms with Gasteiger partial charge in [-0.15, -0.1) is 0 Å². The van der Waals surface area contributed by atoms with Crippen molar-refractivity contribution in [3.63, 3.8) is 0 Å². The summed E-state index contributed by atoms with van der Waals surface area (Å²) in [5, 5.41) is 5.25. The molecule has 0 radical (unpaired) electrons. The molecule has 2 aromatic carbocycles. The number of fused-ring (bicyclic) bond motifs is 1. The zero-order valence-electron chi connectivity index (χ0n) is 13.9. The summed E-state index contributed by atoms with van der Waals surface area (Å²) in [5.41, 5.74) is 3.24. The second kappa shape index (κ2) is 7.38. The molecule has 0 fully saturated rings. The fourth-order valence-electron chi connectivity index (χ4n) is 2.63. The molecule has 7 nitrogen and oxygen atoms in total. The van der Waals surface area contributed by atoms with E-state index in [1.54, 1.807) is 42.5 Å². The van der Waals surface area contributed by atoms with E-state index in [0.29, 0.717) is 20.8 Å². The predicted octanol–water partition coefficient (Wildman–Crippen LogP) is 4.04. The van der Waals surface area contributed by atoms with Crippen LogP contribution in [0.15, 0.2) is 64.3 Å². The quantitative estimate of drug-likeness (QED) is 0.481. The molecule has 0 aliphatic carbocycles. The van der Waals surface area contributed by atoms with Gasteiger partial charge in [-0.05, 0) is 36.4 Å². The molecule has 4 rings (SSSR count). The molecule has 0 aliphatic heterocycles. The molecule has 2 heterocycles. The topological polar surface area (TPSA) is 81.8 Å². The Kier molecular flexibility index (Phi) is 4.92. The summed E-state index contributed by atoms with van der Waals surface area (Å²) in [6.07, 6.45) is 2.61. The summed E-state index contributed by atoms with van der Waals surface area (Å²) < 4.78 is 3.18. The molecule has 10 heteroatoms. The van der Waals surface area contributed by atoms with Crippen LogP contribution in [0.1, 0.15) is 10.4 Å². The van der Waals surface area contributed by atoms with Gasteiger partial charge in [0.05, 0.1) is 22.5 Å². The molecule has 4 aromatic rings. The number of halogens is 3. The van der Waals surface area contributed by atoms with Gasteiger partial charge in [0.25, 0.3) is 11.5 Å². The predicted molar refractivity (Wildman–Crippen MR) is 111 cm³/mol. The van der Waals surface area contributed by atoms with Crippen LogP contribution in [-0.2, 0) is 0 Å². The van der Waals surface area contributed by atoms with E-state index in [0.717, 1.165) is 4.68 Å². The van der Waals surface area contributed by atoms with Gasteiger partial charge in [0.15, 0.2) is 5.65 Å². The van der Waals surface area contributed by atoms with Crippen LogP contribution in [-0.4, -0.2) is 25.3 Å². The maximum Gasteiger partial charge on any atom is 0.283 e. The largest absolute Gasteiger partial charge is 0.283 e. The van der Waals surface area contributed by atoms with Crippen LogP contribution in [0.2, 0.25) is 10.0 Å². The Hall–Kier alpha value is -2.68. The van der Waals surface area contributed by atoms with Crippen LogP contribution in [0, 0.1) is 0 Å². The van der Waals surface area contributed by atoms with Crippen molar-refractivity contribution < 1.29 is 4.79 Å². The number of hydrogen-bond donors (Lipinski definition) is 1. The number of hydrogen-bond acceptors (Lipinski definition) is 4. The molecule has 0 bridgehead atoms. The second-order valence-corrected chi connectivity index (χ2v) is 7.52. The van der Waals surface area contributed by atoms with Crippen molar-refractivity contribution in [3.8, 4) is 5.69 Å². The van der Waals surface area contributed by atoms with E-state index < -0.39 is 11.5 Å². The third kappa shape index (κ3) is 3.42. The lowest BCUT2D eigenvalue weighted by atomic mass is 10.2. The van der Waals surface area contributed by atoms with E-state index in [9.17, 15) is 9.59 Å². The summed E-state index contributed by atoms with van der Waals surface area (Å²) >= 11 is 15.4. The zero-order valence-corrected chi connectivity index (χ0v) is 17.0. The Balaban J connectivity index is 1.72. The van der Waals surface area contributed by atoms with Crippen LogP contribution in [0.4, 0.5) is 0 Å².